The van der Waals surface area contributed by atoms with Crippen LogP contribution in [0.3, 0.4) is 0 Å². The van der Waals surface area contributed by atoms with E-state index in [1.165, 1.54) is 11.8 Å². The second kappa shape index (κ2) is 7.96. The Labute approximate surface area is 163 Å². The molecule has 6 heteroatoms. The Hall–Kier alpha value is -2.60. The van der Waals surface area contributed by atoms with Crippen molar-refractivity contribution in [2.45, 2.75) is 36.9 Å². The van der Waals surface area contributed by atoms with Crippen molar-refractivity contribution in [1.82, 2.24) is 20.1 Å². The van der Waals surface area contributed by atoms with E-state index in [1.54, 1.807) is 0 Å². The molecule has 3 aromatic rings. The third-order valence-corrected chi connectivity index (χ3v) is 5.40. The van der Waals surface area contributed by atoms with Gasteiger partial charge >= 0.3 is 0 Å². The topological polar surface area (TPSA) is 59.8 Å². The first kappa shape index (κ1) is 17.8. The molecule has 1 aliphatic rings. The zero-order valence-electron chi connectivity index (χ0n) is 15.2. The Kier molecular flexibility index (Phi) is 5.25. The summed E-state index contributed by atoms with van der Waals surface area (Å²) in [4.78, 5) is 17.0. The number of carbonyl (C=O) groups excluding carboxylic acids is 1. The minimum absolute atomic E-state index is 0.0135. The summed E-state index contributed by atoms with van der Waals surface area (Å²) in [6.07, 6.45) is 2.31. The molecule has 27 heavy (non-hydrogen) atoms. The highest BCUT2D eigenvalue weighted by molar-refractivity contribution is 7.99. The van der Waals surface area contributed by atoms with Crippen molar-refractivity contribution >= 4 is 17.7 Å². The van der Waals surface area contributed by atoms with Gasteiger partial charge in [0.2, 0.25) is 11.1 Å². The second-order valence-corrected chi connectivity index (χ2v) is 7.71. The van der Waals surface area contributed by atoms with E-state index < -0.39 is 0 Å². The predicted molar refractivity (Wildman–Crippen MR) is 107 cm³/mol. The van der Waals surface area contributed by atoms with Gasteiger partial charge in [0, 0.05) is 5.92 Å². The van der Waals surface area contributed by atoms with Gasteiger partial charge < -0.3 is 5.32 Å². The summed E-state index contributed by atoms with van der Waals surface area (Å²) < 4.78 is 1.92. The van der Waals surface area contributed by atoms with Gasteiger partial charge in [-0.05, 0) is 37.5 Å². The van der Waals surface area contributed by atoms with Crippen molar-refractivity contribution in [3.8, 4) is 5.69 Å². The number of hydrogen-bond acceptors (Lipinski definition) is 4. The summed E-state index contributed by atoms with van der Waals surface area (Å²) in [5, 5.41) is 8.33. The van der Waals surface area contributed by atoms with Gasteiger partial charge in [-0.2, -0.15) is 0 Å². The number of nitrogens with one attached hydrogen (secondary N) is 1. The number of nitrogens with zero attached hydrogens (tertiary/aromatic N) is 3. The van der Waals surface area contributed by atoms with Crippen LogP contribution in [0.15, 0.2) is 65.8 Å². The van der Waals surface area contributed by atoms with Gasteiger partial charge in [0.15, 0.2) is 0 Å². The highest BCUT2D eigenvalue weighted by Crippen LogP contribution is 2.40. The molecule has 138 valence electrons. The number of carbonyl (C=O) groups is 1. The number of amides is 1. The lowest BCUT2D eigenvalue weighted by atomic mass is 10.1. The summed E-state index contributed by atoms with van der Waals surface area (Å²) in [7, 11) is 0. The van der Waals surface area contributed by atoms with Crippen LogP contribution >= 0.6 is 11.8 Å². The van der Waals surface area contributed by atoms with Crippen molar-refractivity contribution in [2.75, 3.05) is 5.75 Å². The Bertz CT molecular complexity index is 906. The molecule has 5 nitrogen and oxygen atoms in total. The normalized spacial score (nSPS) is 14.7. The fourth-order valence-electron chi connectivity index (χ4n) is 2.97. The van der Waals surface area contributed by atoms with E-state index >= 15 is 0 Å². The molecule has 4 rings (SSSR count). The average Bonchev–Trinajstić information content (AvgIpc) is 3.47. The van der Waals surface area contributed by atoms with Gasteiger partial charge in [-0.15, -0.1) is 5.10 Å². The molecule has 1 amide bonds. The van der Waals surface area contributed by atoms with Gasteiger partial charge in [0.05, 0.1) is 17.5 Å². The van der Waals surface area contributed by atoms with E-state index in [0.29, 0.717) is 16.8 Å². The van der Waals surface area contributed by atoms with Crippen LogP contribution < -0.4 is 5.32 Å². The number of thioether (sulfide) groups is 1. The summed E-state index contributed by atoms with van der Waals surface area (Å²) in [6, 6.07) is 20.0. The Morgan fingerprint density at radius 1 is 1.15 bits per heavy atom. The summed E-state index contributed by atoms with van der Waals surface area (Å²) in [5.41, 5.74) is 2.11. The van der Waals surface area contributed by atoms with Gasteiger partial charge in [-0.1, -0.05) is 60.3 Å². The molecule has 0 unspecified atom stereocenters. The van der Waals surface area contributed by atoms with Gasteiger partial charge in [0.1, 0.15) is 5.82 Å². The maximum Gasteiger partial charge on any atom is 0.230 e. The zero-order chi connectivity index (χ0) is 18.6. The van der Waals surface area contributed by atoms with Crippen LogP contribution in [0.2, 0.25) is 0 Å². The number of rotatable bonds is 7. The molecular formula is C21H22N4OS. The second-order valence-electron chi connectivity index (χ2n) is 6.76. The highest BCUT2D eigenvalue weighted by Gasteiger charge is 2.30. The standard InChI is InChI=1S/C21H22N4OS/c1-15(16-8-4-2-5-9-16)22-19(26)14-27-21-23-20(17-12-13-17)25(24-21)18-10-6-3-7-11-18/h2-11,15,17H,12-14H2,1H3,(H,22,26)/t15-/m1/s1. The molecule has 0 spiro atoms. The van der Waals surface area contributed by atoms with Crippen molar-refractivity contribution in [3.63, 3.8) is 0 Å². The molecule has 1 saturated carbocycles. The van der Waals surface area contributed by atoms with Crippen LogP contribution in [0.4, 0.5) is 0 Å². The lowest BCUT2D eigenvalue weighted by molar-refractivity contribution is -0.119. The molecule has 0 radical (unpaired) electrons. The molecule has 1 fully saturated rings. The van der Waals surface area contributed by atoms with E-state index in [2.05, 4.69) is 10.4 Å². The maximum absolute atomic E-state index is 12.3. The first-order valence-corrected chi connectivity index (χ1v) is 10.2. The van der Waals surface area contributed by atoms with E-state index in [9.17, 15) is 4.79 Å². The molecule has 1 N–H and O–H groups in total. The monoisotopic (exact) mass is 378 g/mol. The van der Waals surface area contributed by atoms with Crippen molar-refractivity contribution in [2.24, 2.45) is 0 Å². The Balaban J connectivity index is 1.40. The van der Waals surface area contributed by atoms with Gasteiger partial charge in [-0.25, -0.2) is 9.67 Å². The quantitative estimate of drug-likeness (QED) is 0.629. The first-order chi connectivity index (χ1) is 13.2. The molecule has 1 aliphatic carbocycles. The van der Waals surface area contributed by atoms with E-state index in [1.807, 2.05) is 72.3 Å². The van der Waals surface area contributed by atoms with E-state index in [4.69, 9.17) is 4.98 Å². The lowest BCUT2D eigenvalue weighted by Gasteiger charge is -2.13. The third-order valence-electron chi connectivity index (χ3n) is 4.57. The molecule has 0 saturated heterocycles. The number of hydrogen-bond donors (Lipinski definition) is 1. The van der Waals surface area contributed by atoms with Crippen molar-refractivity contribution < 1.29 is 4.79 Å². The van der Waals surface area contributed by atoms with Crippen LogP contribution in [-0.2, 0) is 4.79 Å². The number of para-hydroxylation sites is 1. The number of aromatic nitrogens is 3. The average molecular weight is 379 g/mol. The fraction of sp³-hybridized carbons (Fsp3) is 0.286. The smallest absolute Gasteiger partial charge is 0.230 e. The van der Waals surface area contributed by atoms with Crippen LogP contribution in [0.25, 0.3) is 5.69 Å². The zero-order valence-corrected chi connectivity index (χ0v) is 16.0. The molecule has 0 bridgehead atoms. The van der Waals surface area contributed by atoms with Crippen LogP contribution in [0.1, 0.15) is 43.1 Å². The van der Waals surface area contributed by atoms with E-state index in [0.717, 1.165) is 29.9 Å². The molecule has 2 aromatic carbocycles. The third kappa shape index (κ3) is 4.39. The maximum atomic E-state index is 12.3. The highest BCUT2D eigenvalue weighted by atomic mass is 32.2. The molecule has 0 aliphatic heterocycles. The predicted octanol–water partition coefficient (Wildman–Crippen LogP) is 4.11. The SMILES string of the molecule is C[C@@H](NC(=O)CSc1nc(C2CC2)n(-c2ccccc2)n1)c1ccccc1. The van der Waals surface area contributed by atoms with Crippen LogP contribution in [0, 0.1) is 0 Å². The molecule has 1 atom stereocenters. The van der Waals surface area contributed by atoms with Crippen LogP contribution in [0.5, 0.6) is 0 Å². The van der Waals surface area contributed by atoms with Crippen LogP contribution in [-0.4, -0.2) is 26.4 Å². The Morgan fingerprint density at radius 3 is 2.48 bits per heavy atom. The first-order valence-electron chi connectivity index (χ1n) is 9.20. The van der Waals surface area contributed by atoms with E-state index in [-0.39, 0.29) is 11.9 Å². The fourth-order valence-corrected chi connectivity index (χ4v) is 3.61. The summed E-state index contributed by atoms with van der Waals surface area (Å²) in [5.74, 6) is 1.78. The summed E-state index contributed by atoms with van der Waals surface area (Å²) >= 11 is 1.39. The van der Waals surface area contributed by atoms with Crippen molar-refractivity contribution in [3.05, 3.63) is 72.1 Å². The van der Waals surface area contributed by atoms with Crippen molar-refractivity contribution in [1.29, 1.82) is 0 Å². The largest absolute Gasteiger partial charge is 0.349 e. The minimum atomic E-state index is -0.0174. The number of benzene rings is 2. The molecule has 1 aromatic heterocycles. The Morgan fingerprint density at radius 2 is 1.81 bits per heavy atom. The van der Waals surface area contributed by atoms with Gasteiger partial charge in [-0.3, -0.25) is 4.79 Å². The minimum Gasteiger partial charge on any atom is -0.349 e. The lowest BCUT2D eigenvalue weighted by Crippen LogP contribution is -2.28. The molecule has 1 heterocycles. The van der Waals surface area contributed by atoms with Gasteiger partial charge in [0.25, 0.3) is 0 Å². The summed E-state index contributed by atoms with van der Waals surface area (Å²) in [6.45, 7) is 1.99. The molecular weight excluding hydrogens is 356 g/mol.